The molecule has 1 N–H and O–H groups in total. The van der Waals surface area contributed by atoms with E-state index >= 15 is 0 Å². The molecule has 3 heterocycles. The molecule has 6 nitrogen and oxygen atoms in total. The Morgan fingerprint density at radius 1 is 1.22 bits per heavy atom. The van der Waals surface area contributed by atoms with E-state index in [2.05, 4.69) is 29.9 Å². The van der Waals surface area contributed by atoms with Gasteiger partial charge in [0.05, 0.1) is 0 Å². The number of hydrogen-bond acceptors (Lipinski definition) is 4. The van der Waals surface area contributed by atoms with Gasteiger partial charge in [-0.1, -0.05) is 0 Å². The molecule has 0 bridgehead atoms. The summed E-state index contributed by atoms with van der Waals surface area (Å²) in [5, 5.41) is 15.5. The molecule has 6 heteroatoms. The molecule has 0 spiro atoms. The lowest BCUT2D eigenvalue weighted by Crippen LogP contribution is -2.22. The van der Waals surface area contributed by atoms with Gasteiger partial charge >= 0.3 is 0 Å². The molecule has 2 fully saturated rings. The van der Waals surface area contributed by atoms with Gasteiger partial charge in [0.1, 0.15) is 5.69 Å². The number of anilines is 1. The number of H-pyrrole nitrogens is 1. The van der Waals surface area contributed by atoms with Gasteiger partial charge in [0.2, 0.25) is 5.95 Å². The van der Waals surface area contributed by atoms with Crippen molar-refractivity contribution in [3.63, 3.8) is 0 Å². The minimum Gasteiger partial charge on any atom is -0.340 e. The zero-order valence-electron chi connectivity index (χ0n) is 10.4. The Bertz CT molecular complexity index is 545. The largest absolute Gasteiger partial charge is 0.340 e. The Balaban J connectivity index is 1.66. The van der Waals surface area contributed by atoms with Gasteiger partial charge < -0.3 is 4.90 Å². The summed E-state index contributed by atoms with van der Waals surface area (Å²) in [5.41, 5.74) is 0.915. The average Bonchev–Trinajstić information content (AvgIpc) is 3.01. The van der Waals surface area contributed by atoms with Crippen molar-refractivity contribution in [2.45, 2.75) is 12.8 Å². The van der Waals surface area contributed by atoms with E-state index in [0.29, 0.717) is 0 Å². The second-order valence-electron chi connectivity index (χ2n) is 5.36. The third kappa shape index (κ3) is 1.31. The van der Waals surface area contributed by atoms with Crippen molar-refractivity contribution >= 4 is 5.95 Å². The first-order valence-corrected chi connectivity index (χ1v) is 6.47. The molecule has 2 aromatic heterocycles. The van der Waals surface area contributed by atoms with Gasteiger partial charge in [-0.05, 0) is 30.7 Å². The van der Waals surface area contributed by atoms with Crippen LogP contribution in [0.4, 0.5) is 5.95 Å². The Morgan fingerprint density at radius 3 is 2.61 bits per heavy atom. The average molecular weight is 244 g/mol. The summed E-state index contributed by atoms with van der Waals surface area (Å²) in [6.45, 7) is 2.28. The summed E-state index contributed by atoms with van der Waals surface area (Å²) in [6, 6.07) is 1.92. The van der Waals surface area contributed by atoms with Crippen LogP contribution in [0.25, 0.3) is 11.5 Å². The van der Waals surface area contributed by atoms with Crippen molar-refractivity contribution in [1.82, 2.24) is 25.0 Å². The molecular formula is C12H16N6. The van der Waals surface area contributed by atoms with E-state index < -0.39 is 0 Å². The monoisotopic (exact) mass is 244 g/mol. The highest BCUT2D eigenvalue weighted by Gasteiger charge is 2.40. The van der Waals surface area contributed by atoms with Gasteiger partial charge in [0.15, 0.2) is 5.82 Å². The minimum absolute atomic E-state index is 0.849. The Hall–Kier alpha value is -1.85. The van der Waals surface area contributed by atoms with Gasteiger partial charge in [-0.15, -0.1) is 10.2 Å². The van der Waals surface area contributed by atoms with Crippen LogP contribution in [0.3, 0.4) is 0 Å². The van der Waals surface area contributed by atoms with Gasteiger partial charge in [-0.3, -0.25) is 9.67 Å². The van der Waals surface area contributed by atoms with Crippen LogP contribution in [0.15, 0.2) is 12.3 Å². The van der Waals surface area contributed by atoms with Crippen LogP contribution in [0.5, 0.6) is 0 Å². The second kappa shape index (κ2) is 3.57. The highest BCUT2D eigenvalue weighted by molar-refractivity contribution is 5.52. The lowest BCUT2D eigenvalue weighted by atomic mass is 9.77. The highest BCUT2D eigenvalue weighted by atomic mass is 15.4. The van der Waals surface area contributed by atoms with Crippen LogP contribution in [0, 0.1) is 11.8 Å². The molecule has 1 aliphatic carbocycles. The minimum atomic E-state index is 0.849. The van der Waals surface area contributed by atoms with E-state index in [0.717, 1.165) is 42.4 Å². The van der Waals surface area contributed by atoms with Crippen molar-refractivity contribution in [3.8, 4) is 11.5 Å². The quantitative estimate of drug-likeness (QED) is 0.857. The number of hydrogen-bond donors (Lipinski definition) is 1. The van der Waals surface area contributed by atoms with Crippen molar-refractivity contribution in [2.24, 2.45) is 18.9 Å². The molecule has 2 aliphatic rings. The van der Waals surface area contributed by atoms with Crippen molar-refractivity contribution in [2.75, 3.05) is 18.0 Å². The predicted molar refractivity (Wildman–Crippen MR) is 67.0 cm³/mol. The normalized spacial score (nSPS) is 26.2. The van der Waals surface area contributed by atoms with Gasteiger partial charge in [-0.25, -0.2) is 0 Å². The maximum Gasteiger partial charge on any atom is 0.227 e. The van der Waals surface area contributed by atoms with Gasteiger partial charge in [-0.2, -0.15) is 5.10 Å². The summed E-state index contributed by atoms with van der Waals surface area (Å²) >= 11 is 0. The molecule has 1 saturated heterocycles. The van der Waals surface area contributed by atoms with Crippen molar-refractivity contribution in [3.05, 3.63) is 12.3 Å². The fourth-order valence-corrected chi connectivity index (χ4v) is 3.13. The van der Waals surface area contributed by atoms with Gasteiger partial charge in [0.25, 0.3) is 0 Å². The van der Waals surface area contributed by atoms with Crippen molar-refractivity contribution in [1.29, 1.82) is 0 Å². The van der Waals surface area contributed by atoms with Gasteiger partial charge in [0, 0.05) is 26.3 Å². The SMILES string of the molecule is Cn1c(-c2ccn[nH]2)nnc1N1C[C@H]2CC[C@H]2C1. The molecule has 0 radical (unpaired) electrons. The number of fused-ring (bicyclic) bond motifs is 1. The van der Waals surface area contributed by atoms with E-state index in [-0.39, 0.29) is 0 Å². The predicted octanol–water partition coefficient (Wildman–Crippen LogP) is 1.05. The smallest absolute Gasteiger partial charge is 0.227 e. The van der Waals surface area contributed by atoms with Crippen LogP contribution in [0.2, 0.25) is 0 Å². The van der Waals surface area contributed by atoms with E-state index in [1.807, 2.05) is 13.1 Å². The Kier molecular flexibility index (Phi) is 2.00. The molecule has 1 aliphatic heterocycles. The first kappa shape index (κ1) is 10.1. The number of nitrogens with one attached hydrogen (secondary N) is 1. The summed E-state index contributed by atoms with van der Waals surface area (Å²) in [5.74, 6) is 3.60. The number of aromatic amines is 1. The number of nitrogens with zero attached hydrogens (tertiary/aromatic N) is 5. The first-order chi connectivity index (χ1) is 8.83. The van der Waals surface area contributed by atoms with Crippen LogP contribution < -0.4 is 4.90 Å². The van der Waals surface area contributed by atoms with E-state index in [4.69, 9.17) is 0 Å². The van der Waals surface area contributed by atoms with Crippen LogP contribution in [-0.4, -0.2) is 38.1 Å². The van der Waals surface area contributed by atoms with Crippen LogP contribution in [-0.2, 0) is 7.05 Å². The lowest BCUT2D eigenvalue weighted by Gasteiger charge is -2.27. The zero-order valence-corrected chi connectivity index (χ0v) is 10.4. The summed E-state index contributed by atoms with van der Waals surface area (Å²) in [7, 11) is 2.02. The Morgan fingerprint density at radius 2 is 2.00 bits per heavy atom. The van der Waals surface area contributed by atoms with Crippen molar-refractivity contribution < 1.29 is 0 Å². The molecule has 0 aromatic carbocycles. The maximum atomic E-state index is 4.34. The fourth-order valence-electron chi connectivity index (χ4n) is 3.13. The molecule has 94 valence electrons. The summed E-state index contributed by atoms with van der Waals surface area (Å²) < 4.78 is 2.05. The molecule has 2 atom stereocenters. The molecule has 4 rings (SSSR count). The van der Waals surface area contributed by atoms with Crippen LogP contribution in [0.1, 0.15) is 12.8 Å². The zero-order chi connectivity index (χ0) is 12.1. The van der Waals surface area contributed by atoms with E-state index in [1.54, 1.807) is 6.20 Å². The van der Waals surface area contributed by atoms with E-state index in [1.165, 1.54) is 12.8 Å². The Labute approximate surface area is 105 Å². The topological polar surface area (TPSA) is 62.6 Å². The number of rotatable bonds is 2. The standard InChI is InChI=1S/C12H16N6/c1-17-11(10-4-5-13-14-10)15-16-12(17)18-6-8-2-3-9(8)7-18/h4-5,8-9H,2-3,6-7H2,1H3,(H,13,14)/t8-,9+. The molecular weight excluding hydrogens is 228 g/mol. The third-order valence-electron chi connectivity index (χ3n) is 4.36. The second-order valence-corrected chi connectivity index (χ2v) is 5.36. The molecule has 2 aromatic rings. The van der Waals surface area contributed by atoms with E-state index in [9.17, 15) is 0 Å². The maximum absolute atomic E-state index is 4.34. The lowest BCUT2D eigenvalue weighted by molar-refractivity contribution is 0.243. The third-order valence-corrected chi connectivity index (χ3v) is 4.36. The van der Waals surface area contributed by atoms with Crippen LogP contribution >= 0.6 is 0 Å². The summed E-state index contributed by atoms with van der Waals surface area (Å²) in [6.07, 6.45) is 4.50. The fraction of sp³-hybridized carbons (Fsp3) is 0.583. The summed E-state index contributed by atoms with van der Waals surface area (Å²) in [4.78, 5) is 2.37. The molecule has 1 saturated carbocycles. The number of aromatic nitrogens is 5. The highest BCUT2D eigenvalue weighted by Crippen LogP contribution is 2.41. The molecule has 0 unspecified atom stereocenters. The molecule has 18 heavy (non-hydrogen) atoms. The molecule has 0 amide bonds. The first-order valence-electron chi connectivity index (χ1n) is 6.47.